The number of carbonyl (C=O) groups is 2. The van der Waals surface area contributed by atoms with E-state index in [1.807, 2.05) is 0 Å². The van der Waals surface area contributed by atoms with Crippen molar-refractivity contribution in [2.75, 3.05) is 24.6 Å². The number of rotatable bonds is 35. The molecule has 6 heteroatoms. The van der Waals surface area contributed by atoms with Crippen molar-refractivity contribution >= 4 is 33.4 Å². The maximum Gasteiger partial charge on any atom is 0.220 e. The molecule has 2 N–H and O–H groups in total. The van der Waals surface area contributed by atoms with Gasteiger partial charge in [-0.15, -0.1) is 0 Å². The van der Waals surface area contributed by atoms with E-state index in [9.17, 15) is 9.59 Å². The molecule has 0 rings (SSSR count). The van der Waals surface area contributed by atoms with Crippen LogP contribution in [0, 0.1) is 0 Å². The van der Waals surface area contributed by atoms with Crippen LogP contribution in [0.4, 0.5) is 0 Å². The quantitative estimate of drug-likeness (QED) is 0.0388. The summed E-state index contributed by atoms with van der Waals surface area (Å²) in [6.07, 6.45) is 56.6. The Hall–Kier alpha value is -2.44. The molecule has 0 bridgehead atoms. The molecule has 0 atom stereocenters. The molecule has 4 nitrogen and oxygen atoms in total. The lowest BCUT2D eigenvalue weighted by atomic mass is 10.2. The molecule has 0 spiro atoms. The molecule has 0 aliphatic carbocycles. The Kier molecular flexibility index (Phi) is 40.6. The molecule has 0 unspecified atom stereocenters. The minimum atomic E-state index is 0.130. The zero-order valence-corrected chi connectivity index (χ0v) is 33.5. The lowest BCUT2D eigenvalue weighted by Gasteiger charge is -2.06. The maximum absolute atomic E-state index is 12.0. The zero-order valence-electron chi connectivity index (χ0n) is 31.8. The molecular formula is C44H72N2O2S2. The number of unbranched alkanes of at least 4 members (excludes halogenated alkanes) is 8. The fourth-order valence-electron chi connectivity index (χ4n) is 4.64. The lowest BCUT2D eigenvalue weighted by Crippen LogP contribution is -2.25. The average Bonchev–Trinajstić information content (AvgIpc) is 3.12. The number of hydrogen-bond acceptors (Lipinski definition) is 4. The predicted molar refractivity (Wildman–Crippen MR) is 228 cm³/mol. The third-order valence-electron chi connectivity index (χ3n) is 7.56. The first-order chi connectivity index (χ1) is 24.7. The fraction of sp³-hybridized carbons (Fsp3) is 0.591. The van der Waals surface area contributed by atoms with Crippen molar-refractivity contribution in [2.45, 2.75) is 142 Å². The highest BCUT2D eigenvalue weighted by molar-refractivity contribution is 8.76. The smallest absolute Gasteiger partial charge is 0.220 e. The first-order valence-electron chi connectivity index (χ1n) is 19.7. The molecule has 0 saturated carbocycles. The van der Waals surface area contributed by atoms with Crippen LogP contribution in [-0.2, 0) is 9.59 Å². The highest BCUT2D eigenvalue weighted by Crippen LogP contribution is 2.19. The van der Waals surface area contributed by atoms with Crippen molar-refractivity contribution in [3.05, 3.63) is 97.2 Å². The van der Waals surface area contributed by atoms with Gasteiger partial charge in [0, 0.05) is 37.4 Å². The molecule has 0 heterocycles. The van der Waals surface area contributed by atoms with Crippen LogP contribution in [0.25, 0.3) is 0 Å². The molecule has 0 saturated heterocycles. The zero-order chi connectivity index (χ0) is 36.3. The molecule has 0 aromatic rings. The van der Waals surface area contributed by atoms with Crippen molar-refractivity contribution in [3.8, 4) is 0 Å². The van der Waals surface area contributed by atoms with Gasteiger partial charge in [0.25, 0.3) is 0 Å². The van der Waals surface area contributed by atoms with Gasteiger partial charge in [0.05, 0.1) is 0 Å². The van der Waals surface area contributed by atoms with Gasteiger partial charge in [-0.25, -0.2) is 0 Å². The molecule has 0 aromatic heterocycles. The van der Waals surface area contributed by atoms with Gasteiger partial charge in [-0.2, -0.15) is 0 Å². The van der Waals surface area contributed by atoms with Gasteiger partial charge in [0.2, 0.25) is 11.8 Å². The van der Waals surface area contributed by atoms with Crippen molar-refractivity contribution in [2.24, 2.45) is 0 Å². The van der Waals surface area contributed by atoms with E-state index < -0.39 is 0 Å². The molecule has 0 aromatic carbocycles. The first kappa shape index (κ1) is 47.6. The van der Waals surface area contributed by atoms with Gasteiger partial charge in [-0.1, -0.05) is 158 Å². The molecule has 2 amide bonds. The third-order valence-corrected chi connectivity index (χ3v) is 9.97. The molecule has 0 aliphatic rings. The lowest BCUT2D eigenvalue weighted by molar-refractivity contribution is -0.121. The summed E-state index contributed by atoms with van der Waals surface area (Å²) in [7, 11) is 3.49. The molecule has 0 fully saturated rings. The van der Waals surface area contributed by atoms with E-state index in [4.69, 9.17) is 0 Å². The Morgan fingerprint density at radius 2 is 0.680 bits per heavy atom. The van der Waals surface area contributed by atoms with E-state index >= 15 is 0 Å². The Labute approximate surface area is 316 Å². The number of allylic oxidation sites excluding steroid dienone is 16. The Bertz CT molecular complexity index is 927. The van der Waals surface area contributed by atoms with E-state index in [2.05, 4.69) is 122 Å². The summed E-state index contributed by atoms with van der Waals surface area (Å²) in [5.41, 5.74) is 0. The predicted octanol–water partition coefficient (Wildman–Crippen LogP) is 12.9. The summed E-state index contributed by atoms with van der Waals surface area (Å²) >= 11 is 0. The minimum absolute atomic E-state index is 0.130. The van der Waals surface area contributed by atoms with Crippen LogP contribution in [0.2, 0.25) is 0 Å². The van der Waals surface area contributed by atoms with Gasteiger partial charge in [0.15, 0.2) is 0 Å². The van der Waals surface area contributed by atoms with Crippen molar-refractivity contribution in [3.63, 3.8) is 0 Å². The van der Waals surface area contributed by atoms with Crippen LogP contribution in [0.15, 0.2) is 97.2 Å². The van der Waals surface area contributed by atoms with Crippen molar-refractivity contribution in [1.29, 1.82) is 0 Å². The van der Waals surface area contributed by atoms with Gasteiger partial charge < -0.3 is 10.6 Å². The summed E-state index contributed by atoms with van der Waals surface area (Å²) in [5.74, 6) is 2.00. The maximum atomic E-state index is 12.0. The average molecular weight is 725 g/mol. The fourth-order valence-corrected chi connectivity index (χ4v) is 6.46. The molecular weight excluding hydrogens is 653 g/mol. The summed E-state index contributed by atoms with van der Waals surface area (Å²) in [6, 6.07) is 0. The van der Waals surface area contributed by atoms with Gasteiger partial charge in [-0.05, 0) is 89.9 Å². The number of carbonyl (C=O) groups excluding carboxylic acids is 2. The summed E-state index contributed by atoms with van der Waals surface area (Å²) in [4.78, 5) is 24.1. The second-order valence-corrected chi connectivity index (χ2v) is 15.0. The number of nitrogens with one attached hydrogen (secondary N) is 2. The molecule has 50 heavy (non-hydrogen) atoms. The van der Waals surface area contributed by atoms with Crippen LogP contribution in [-0.4, -0.2) is 36.4 Å². The summed E-state index contributed by atoms with van der Waals surface area (Å²) in [6.45, 7) is 5.85. The van der Waals surface area contributed by atoms with Crippen LogP contribution in [0.5, 0.6) is 0 Å². The third kappa shape index (κ3) is 41.7. The van der Waals surface area contributed by atoms with Gasteiger partial charge in [0.1, 0.15) is 0 Å². The number of amides is 2. The Balaban J connectivity index is 3.50. The summed E-state index contributed by atoms with van der Waals surface area (Å²) < 4.78 is 0. The molecule has 0 aliphatic heterocycles. The monoisotopic (exact) mass is 725 g/mol. The van der Waals surface area contributed by atoms with E-state index in [1.54, 1.807) is 21.6 Å². The van der Waals surface area contributed by atoms with Crippen LogP contribution in [0.1, 0.15) is 142 Å². The highest BCUT2D eigenvalue weighted by atomic mass is 33.1. The molecule has 0 radical (unpaired) electrons. The minimum Gasteiger partial charge on any atom is -0.355 e. The topological polar surface area (TPSA) is 58.2 Å². The number of hydrogen-bond donors (Lipinski definition) is 2. The van der Waals surface area contributed by atoms with Crippen LogP contribution >= 0.6 is 21.6 Å². The van der Waals surface area contributed by atoms with Gasteiger partial charge in [-0.3, -0.25) is 9.59 Å². The normalized spacial score (nSPS) is 12.6. The standard InChI is InChI=1S/C44H72N2O2S2/c1-3-5-7-9-11-13-15-17-19-21-23-25-27-29-31-33-35-37-43(47)45-39-41-49-50-42-40-46-44(48)38-36-34-32-30-28-26-24-22-20-18-16-14-12-10-8-6-4-2/h11-14,17-20,23-26,29-32H,3-10,15-16,21-22,27-28,33-42H2,1-2H3,(H,45,47)(H,46,48). The molecule has 282 valence electrons. The Morgan fingerprint density at radius 3 is 0.980 bits per heavy atom. The second-order valence-electron chi connectivity index (χ2n) is 12.3. The van der Waals surface area contributed by atoms with E-state index in [0.29, 0.717) is 25.9 Å². The van der Waals surface area contributed by atoms with Gasteiger partial charge >= 0.3 is 0 Å². The van der Waals surface area contributed by atoms with Crippen LogP contribution in [0.3, 0.4) is 0 Å². The van der Waals surface area contributed by atoms with Crippen LogP contribution < -0.4 is 10.6 Å². The highest BCUT2D eigenvalue weighted by Gasteiger charge is 2.01. The van der Waals surface area contributed by atoms with E-state index in [-0.39, 0.29) is 11.8 Å². The van der Waals surface area contributed by atoms with E-state index in [0.717, 1.165) is 75.7 Å². The second kappa shape index (κ2) is 42.7. The van der Waals surface area contributed by atoms with Crippen molar-refractivity contribution < 1.29 is 9.59 Å². The van der Waals surface area contributed by atoms with Crippen molar-refractivity contribution in [1.82, 2.24) is 10.6 Å². The largest absolute Gasteiger partial charge is 0.355 e. The summed E-state index contributed by atoms with van der Waals surface area (Å²) in [5, 5.41) is 6.02. The first-order valence-corrected chi connectivity index (χ1v) is 22.2. The van der Waals surface area contributed by atoms with E-state index in [1.165, 1.54) is 51.4 Å². The SMILES string of the molecule is CCCCCC=CCC=CCC=CCC=CCCCC(=O)NCCSSCCNC(=O)CCCC=CCC=CCC=CCC=CCCCCC. The Morgan fingerprint density at radius 1 is 0.400 bits per heavy atom.